The molecule has 0 bridgehead atoms. The molecule has 1 aliphatic heterocycles. The Labute approximate surface area is 152 Å². The third-order valence-electron chi connectivity index (χ3n) is 5.17. The second-order valence-corrected chi connectivity index (χ2v) is 6.88. The van der Waals surface area contributed by atoms with E-state index >= 15 is 0 Å². The Hall–Kier alpha value is -2.57. The minimum absolute atomic E-state index is 0.0205. The van der Waals surface area contributed by atoms with Crippen LogP contribution in [0.2, 0.25) is 0 Å². The fourth-order valence-electron chi connectivity index (χ4n) is 3.71. The number of carbonyl (C=O) groups excluding carboxylic acids is 2. The molecule has 0 unspecified atom stereocenters. The summed E-state index contributed by atoms with van der Waals surface area (Å²) in [6, 6.07) is 7.70. The van der Waals surface area contributed by atoms with Crippen LogP contribution in [0.1, 0.15) is 32.6 Å². The molecule has 3 rings (SSSR count). The second kappa shape index (κ2) is 7.76. The maximum atomic E-state index is 12.7. The van der Waals surface area contributed by atoms with Gasteiger partial charge in [0.25, 0.3) is 0 Å². The van der Waals surface area contributed by atoms with E-state index in [1.54, 1.807) is 14.0 Å². The van der Waals surface area contributed by atoms with E-state index in [9.17, 15) is 14.4 Å². The van der Waals surface area contributed by atoms with Crippen molar-refractivity contribution in [3.05, 3.63) is 34.7 Å². The number of para-hydroxylation sites is 2. The Balaban J connectivity index is 1.70. The molecule has 7 nitrogen and oxygen atoms in total. The van der Waals surface area contributed by atoms with Gasteiger partial charge < -0.3 is 10.6 Å². The summed E-state index contributed by atoms with van der Waals surface area (Å²) in [5.41, 5.74) is 7.05. The molecule has 1 fully saturated rings. The van der Waals surface area contributed by atoms with Gasteiger partial charge >= 0.3 is 5.69 Å². The minimum Gasteiger partial charge on any atom is -0.369 e. The highest BCUT2D eigenvalue weighted by atomic mass is 16.2. The van der Waals surface area contributed by atoms with Gasteiger partial charge in [-0.25, -0.2) is 4.79 Å². The van der Waals surface area contributed by atoms with Crippen LogP contribution < -0.4 is 11.4 Å². The van der Waals surface area contributed by atoms with E-state index in [0.29, 0.717) is 39.0 Å². The number of piperidine rings is 1. The van der Waals surface area contributed by atoms with Crippen molar-refractivity contribution in [1.29, 1.82) is 0 Å². The van der Waals surface area contributed by atoms with E-state index in [1.165, 1.54) is 0 Å². The SMILES string of the molecule is CCCn1c(=O)n(CCC(=O)N2CCC(C(N)=O)CC2)c2ccccc21. The fraction of sp³-hybridized carbons (Fsp3) is 0.526. The molecule has 0 spiro atoms. The van der Waals surface area contributed by atoms with Gasteiger partial charge in [0.15, 0.2) is 0 Å². The maximum absolute atomic E-state index is 12.7. The molecule has 0 radical (unpaired) electrons. The van der Waals surface area contributed by atoms with Crippen LogP contribution in [-0.4, -0.2) is 38.9 Å². The lowest BCUT2D eigenvalue weighted by Gasteiger charge is -2.30. The van der Waals surface area contributed by atoms with Gasteiger partial charge in [0.1, 0.15) is 0 Å². The standard InChI is InChI=1S/C19H26N4O3/c1-2-10-22-15-5-3-4-6-16(15)23(19(22)26)13-9-17(24)21-11-7-14(8-12-21)18(20)25/h3-6,14H,2,7-13H2,1H3,(H2,20,25). The first-order chi connectivity index (χ1) is 12.5. The Kier molecular flexibility index (Phi) is 5.44. The molecule has 2 amide bonds. The van der Waals surface area contributed by atoms with Crippen LogP contribution in [0.4, 0.5) is 0 Å². The first kappa shape index (κ1) is 18.2. The van der Waals surface area contributed by atoms with Crippen LogP contribution >= 0.6 is 0 Å². The number of nitrogens with two attached hydrogens (primary N) is 1. The molecule has 1 aromatic heterocycles. The lowest BCUT2D eigenvalue weighted by atomic mass is 9.96. The summed E-state index contributed by atoms with van der Waals surface area (Å²) < 4.78 is 3.47. The number of fused-ring (bicyclic) bond motifs is 1. The number of aromatic nitrogens is 2. The third kappa shape index (κ3) is 3.52. The van der Waals surface area contributed by atoms with Crippen LogP contribution in [0, 0.1) is 5.92 Å². The van der Waals surface area contributed by atoms with E-state index in [1.807, 2.05) is 31.2 Å². The number of amides is 2. The summed E-state index contributed by atoms with van der Waals surface area (Å²) >= 11 is 0. The second-order valence-electron chi connectivity index (χ2n) is 6.88. The highest BCUT2D eigenvalue weighted by molar-refractivity contribution is 5.79. The largest absolute Gasteiger partial charge is 0.369 e. The lowest BCUT2D eigenvalue weighted by molar-refractivity contribution is -0.135. The molecule has 1 aromatic carbocycles. The number of likely N-dealkylation sites (tertiary alicyclic amines) is 1. The van der Waals surface area contributed by atoms with Crippen molar-refractivity contribution in [2.24, 2.45) is 11.7 Å². The number of benzene rings is 1. The van der Waals surface area contributed by atoms with Crippen LogP contribution in [-0.2, 0) is 22.7 Å². The van der Waals surface area contributed by atoms with Crippen molar-refractivity contribution < 1.29 is 9.59 Å². The van der Waals surface area contributed by atoms with Crippen molar-refractivity contribution in [2.75, 3.05) is 13.1 Å². The van der Waals surface area contributed by atoms with Crippen LogP contribution in [0.5, 0.6) is 0 Å². The van der Waals surface area contributed by atoms with Gasteiger partial charge in [-0.3, -0.25) is 18.7 Å². The molecule has 1 saturated heterocycles. The quantitative estimate of drug-likeness (QED) is 0.844. The predicted octanol–water partition coefficient (Wildman–Crippen LogP) is 1.33. The Morgan fingerprint density at radius 1 is 1.08 bits per heavy atom. The molecular formula is C19H26N4O3. The van der Waals surface area contributed by atoms with Crippen molar-refractivity contribution in [3.8, 4) is 0 Å². The van der Waals surface area contributed by atoms with Crippen LogP contribution in [0.15, 0.2) is 29.1 Å². The zero-order valence-electron chi connectivity index (χ0n) is 15.2. The molecular weight excluding hydrogens is 332 g/mol. The number of carbonyl (C=O) groups is 2. The monoisotopic (exact) mass is 358 g/mol. The average Bonchev–Trinajstić information content (AvgIpc) is 2.92. The van der Waals surface area contributed by atoms with Gasteiger partial charge in [-0.05, 0) is 31.4 Å². The summed E-state index contributed by atoms with van der Waals surface area (Å²) in [4.78, 5) is 38.3. The third-order valence-corrected chi connectivity index (χ3v) is 5.17. The van der Waals surface area contributed by atoms with Crippen molar-refractivity contribution in [2.45, 2.75) is 45.7 Å². The van der Waals surface area contributed by atoms with Crippen LogP contribution in [0.3, 0.4) is 0 Å². The number of imidazole rings is 1. The lowest BCUT2D eigenvalue weighted by Crippen LogP contribution is -2.42. The maximum Gasteiger partial charge on any atom is 0.329 e. The minimum atomic E-state index is -0.285. The summed E-state index contributed by atoms with van der Waals surface area (Å²) in [5, 5.41) is 0. The molecule has 0 atom stereocenters. The van der Waals surface area contributed by atoms with Gasteiger partial charge in [0, 0.05) is 38.5 Å². The number of nitrogens with zero attached hydrogens (tertiary/aromatic N) is 3. The van der Waals surface area contributed by atoms with E-state index in [2.05, 4.69) is 0 Å². The average molecular weight is 358 g/mol. The number of aryl methyl sites for hydroxylation is 2. The molecule has 0 saturated carbocycles. The van der Waals surface area contributed by atoms with Crippen molar-refractivity contribution in [3.63, 3.8) is 0 Å². The zero-order valence-corrected chi connectivity index (χ0v) is 15.2. The number of hydrogen-bond donors (Lipinski definition) is 1. The molecule has 0 aliphatic carbocycles. The van der Waals surface area contributed by atoms with E-state index < -0.39 is 0 Å². The number of rotatable bonds is 6. The normalized spacial score (nSPS) is 15.5. The molecule has 2 aromatic rings. The van der Waals surface area contributed by atoms with Gasteiger partial charge in [-0.1, -0.05) is 19.1 Å². The van der Waals surface area contributed by atoms with Gasteiger partial charge in [-0.2, -0.15) is 0 Å². The molecule has 26 heavy (non-hydrogen) atoms. The smallest absolute Gasteiger partial charge is 0.329 e. The molecule has 1 aliphatic rings. The van der Waals surface area contributed by atoms with Crippen molar-refractivity contribution in [1.82, 2.24) is 14.0 Å². The van der Waals surface area contributed by atoms with E-state index in [-0.39, 0.29) is 29.8 Å². The number of primary amides is 1. The van der Waals surface area contributed by atoms with Gasteiger partial charge in [-0.15, -0.1) is 0 Å². The first-order valence-corrected chi connectivity index (χ1v) is 9.28. The summed E-state index contributed by atoms with van der Waals surface area (Å²) in [6.07, 6.45) is 2.40. The van der Waals surface area contributed by atoms with E-state index in [0.717, 1.165) is 17.5 Å². The highest BCUT2D eigenvalue weighted by Crippen LogP contribution is 2.18. The fourth-order valence-corrected chi connectivity index (χ4v) is 3.71. The van der Waals surface area contributed by atoms with Gasteiger partial charge in [0.05, 0.1) is 11.0 Å². The Morgan fingerprint density at radius 2 is 1.65 bits per heavy atom. The summed E-state index contributed by atoms with van der Waals surface area (Å²) in [6.45, 7) is 4.18. The molecule has 2 heterocycles. The topological polar surface area (TPSA) is 90.3 Å². The Bertz CT molecular complexity index is 859. The zero-order chi connectivity index (χ0) is 18.7. The van der Waals surface area contributed by atoms with Gasteiger partial charge in [0.2, 0.25) is 11.8 Å². The Morgan fingerprint density at radius 3 is 2.19 bits per heavy atom. The molecule has 140 valence electrons. The summed E-state index contributed by atoms with van der Waals surface area (Å²) in [5.74, 6) is -0.395. The van der Waals surface area contributed by atoms with E-state index in [4.69, 9.17) is 5.73 Å². The number of hydrogen-bond acceptors (Lipinski definition) is 3. The highest BCUT2D eigenvalue weighted by Gasteiger charge is 2.25. The molecule has 7 heteroatoms. The molecule has 2 N–H and O–H groups in total. The summed E-state index contributed by atoms with van der Waals surface area (Å²) in [7, 11) is 0. The predicted molar refractivity (Wildman–Crippen MR) is 99.6 cm³/mol. The van der Waals surface area contributed by atoms with Crippen LogP contribution in [0.25, 0.3) is 11.0 Å². The first-order valence-electron chi connectivity index (χ1n) is 9.28. The van der Waals surface area contributed by atoms with Crippen molar-refractivity contribution >= 4 is 22.8 Å².